The Balaban J connectivity index is 3.07. The van der Waals surface area contributed by atoms with Crippen LogP contribution in [0, 0.1) is 18.8 Å². The van der Waals surface area contributed by atoms with Crippen LogP contribution >= 0.6 is 0 Å². The summed E-state index contributed by atoms with van der Waals surface area (Å²) in [6.45, 7) is 5.90. The highest BCUT2D eigenvalue weighted by Gasteiger charge is 2.16. The van der Waals surface area contributed by atoms with E-state index >= 15 is 0 Å². The Morgan fingerprint density at radius 3 is 2.63 bits per heavy atom. The van der Waals surface area contributed by atoms with Crippen LogP contribution in [0.5, 0.6) is 0 Å². The number of nitrogens with two attached hydrogens (primary N) is 1. The van der Waals surface area contributed by atoms with Crippen molar-refractivity contribution in [2.45, 2.75) is 38.1 Å². The quantitative estimate of drug-likeness (QED) is 0.819. The molecule has 0 aliphatic heterocycles. The molecule has 0 aliphatic rings. The summed E-state index contributed by atoms with van der Waals surface area (Å²) in [4.78, 5) is 0.267. The zero-order chi connectivity index (χ0) is 14.5. The topological polar surface area (TPSA) is 72.2 Å². The average Bonchev–Trinajstić information content (AvgIpc) is 2.36. The van der Waals surface area contributed by atoms with Crippen LogP contribution in [-0.2, 0) is 10.0 Å². The summed E-state index contributed by atoms with van der Waals surface area (Å²) in [5.41, 5.74) is 6.94. The molecule has 0 heterocycles. The van der Waals surface area contributed by atoms with Crippen LogP contribution < -0.4 is 10.5 Å². The molecule has 0 saturated heterocycles. The minimum Gasteiger partial charge on any atom is -0.320 e. The van der Waals surface area contributed by atoms with Crippen molar-refractivity contribution >= 4 is 10.0 Å². The van der Waals surface area contributed by atoms with Gasteiger partial charge in [-0.2, -0.15) is 0 Å². The lowest BCUT2D eigenvalue weighted by Crippen LogP contribution is -2.32. The monoisotopic (exact) mass is 280 g/mol. The molecule has 1 unspecified atom stereocenters. The molecule has 1 atom stereocenters. The molecule has 0 fully saturated rings. The molecule has 0 bridgehead atoms. The third kappa shape index (κ3) is 4.35. The van der Waals surface area contributed by atoms with E-state index in [4.69, 9.17) is 5.73 Å². The van der Waals surface area contributed by atoms with Gasteiger partial charge in [-0.15, -0.1) is 0 Å². The van der Waals surface area contributed by atoms with Gasteiger partial charge >= 0.3 is 0 Å². The van der Waals surface area contributed by atoms with Gasteiger partial charge in [-0.25, -0.2) is 13.1 Å². The van der Waals surface area contributed by atoms with E-state index in [1.165, 1.54) is 0 Å². The van der Waals surface area contributed by atoms with Gasteiger partial charge in [0.2, 0.25) is 10.0 Å². The van der Waals surface area contributed by atoms with Gasteiger partial charge in [0, 0.05) is 11.6 Å². The van der Waals surface area contributed by atoms with Crippen LogP contribution in [0.2, 0.25) is 0 Å². The van der Waals surface area contributed by atoms with E-state index < -0.39 is 10.0 Å². The molecule has 1 aromatic rings. The number of benzene rings is 1. The molecule has 5 heteroatoms. The second-order valence-electron chi connectivity index (χ2n) is 4.41. The van der Waals surface area contributed by atoms with E-state index in [1.807, 2.05) is 20.8 Å². The number of sulfonamides is 1. The van der Waals surface area contributed by atoms with E-state index in [0.717, 1.165) is 17.5 Å². The molecule has 1 aromatic carbocycles. The first-order valence-electron chi connectivity index (χ1n) is 6.22. The molecule has 3 N–H and O–H groups in total. The maximum absolute atomic E-state index is 12.1. The highest BCUT2D eigenvalue weighted by Crippen LogP contribution is 2.15. The number of aryl methyl sites for hydroxylation is 1. The number of hydrogen-bond acceptors (Lipinski definition) is 3. The number of rotatable bonds is 4. The van der Waals surface area contributed by atoms with Crippen molar-refractivity contribution in [1.82, 2.24) is 4.72 Å². The van der Waals surface area contributed by atoms with Crippen molar-refractivity contribution in [1.29, 1.82) is 0 Å². The van der Waals surface area contributed by atoms with E-state index in [2.05, 4.69) is 16.6 Å². The molecule has 0 aliphatic carbocycles. The molecule has 1 rings (SSSR count). The number of nitrogens with one attached hydrogen (secondary N) is 1. The van der Waals surface area contributed by atoms with Crippen LogP contribution in [0.25, 0.3) is 0 Å². The normalized spacial score (nSPS) is 12.6. The Kier molecular flexibility index (Phi) is 5.55. The van der Waals surface area contributed by atoms with Crippen molar-refractivity contribution < 1.29 is 8.42 Å². The van der Waals surface area contributed by atoms with Crippen LogP contribution in [0.4, 0.5) is 0 Å². The molecule has 0 spiro atoms. The number of hydrogen-bond donors (Lipinski definition) is 2. The third-order valence-electron chi connectivity index (χ3n) is 2.80. The second-order valence-corrected chi connectivity index (χ2v) is 6.13. The summed E-state index contributed by atoms with van der Waals surface area (Å²) in [6.07, 6.45) is 0.748. The zero-order valence-electron chi connectivity index (χ0n) is 11.5. The van der Waals surface area contributed by atoms with Gasteiger partial charge in [-0.05, 0) is 44.0 Å². The van der Waals surface area contributed by atoms with Gasteiger partial charge in [0.05, 0.1) is 11.4 Å². The van der Waals surface area contributed by atoms with Gasteiger partial charge < -0.3 is 5.73 Å². The van der Waals surface area contributed by atoms with Gasteiger partial charge in [-0.1, -0.05) is 18.8 Å². The molecular weight excluding hydrogens is 260 g/mol. The minimum absolute atomic E-state index is 0.0815. The Morgan fingerprint density at radius 2 is 2.11 bits per heavy atom. The Hall–Kier alpha value is -1.35. The molecule has 4 nitrogen and oxygen atoms in total. The first-order chi connectivity index (χ1) is 8.90. The van der Waals surface area contributed by atoms with Crippen molar-refractivity contribution in [3.8, 4) is 11.8 Å². The first kappa shape index (κ1) is 15.7. The predicted octanol–water partition coefficient (Wildman–Crippen LogP) is 1.38. The van der Waals surface area contributed by atoms with Crippen molar-refractivity contribution in [3.05, 3.63) is 29.3 Å². The Bertz CT molecular complexity index is 598. The first-order valence-corrected chi connectivity index (χ1v) is 7.71. The Morgan fingerprint density at radius 1 is 1.42 bits per heavy atom. The smallest absolute Gasteiger partial charge is 0.240 e. The van der Waals surface area contributed by atoms with E-state index in [9.17, 15) is 8.42 Å². The van der Waals surface area contributed by atoms with Crippen molar-refractivity contribution in [3.63, 3.8) is 0 Å². The lowest BCUT2D eigenvalue weighted by Gasteiger charge is -2.12. The fourth-order valence-corrected chi connectivity index (χ4v) is 2.92. The molecule has 19 heavy (non-hydrogen) atoms. The SMILES string of the molecule is CCC(C)NS(=O)(=O)c1ccc(C#CCN)c(C)c1. The zero-order valence-corrected chi connectivity index (χ0v) is 12.3. The maximum atomic E-state index is 12.1. The lowest BCUT2D eigenvalue weighted by molar-refractivity contribution is 0.556. The van der Waals surface area contributed by atoms with Crippen LogP contribution in [0.15, 0.2) is 23.1 Å². The predicted molar refractivity (Wildman–Crippen MR) is 77.2 cm³/mol. The standard InChI is InChI=1S/C14H20N2O2S/c1-4-12(3)16-19(17,18)14-8-7-13(6-5-9-15)11(2)10-14/h7-8,10,12,16H,4,9,15H2,1-3H3. The van der Waals surface area contributed by atoms with Gasteiger partial charge in [0.1, 0.15) is 0 Å². The Labute approximate surface area is 115 Å². The summed E-state index contributed by atoms with van der Waals surface area (Å²) in [6, 6.07) is 4.83. The summed E-state index contributed by atoms with van der Waals surface area (Å²) in [5, 5.41) is 0. The van der Waals surface area contributed by atoms with Crippen molar-refractivity contribution in [2.24, 2.45) is 5.73 Å². The summed E-state index contributed by atoms with van der Waals surface area (Å²) < 4.78 is 26.9. The minimum atomic E-state index is -3.45. The fraction of sp³-hybridized carbons (Fsp3) is 0.429. The molecular formula is C14H20N2O2S. The van der Waals surface area contributed by atoms with Gasteiger partial charge in [0.25, 0.3) is 0 Å². The molecule has 0 aromatic heterocycles. The van der Waals surface area contributed by atoms with Crippen LogP contribution in [0.3, 0.4) is 0 Å². The molecule has 0 amide bonds. The summed E-state index contributed by atoms with van der Waals surface area (Å²) >= 11 is 0. The largest absolute Gasteiger partial charge is 0.320 e. The molecule has 0 saturated carbocycles. The third-order valence-corrected chi connectivity index (χ3v) is 4.39. The van der Waals surface area contributed by atoms with Crippen LogP contribution in [0.1, 0.15) is 31.4 Å². The summed E-state index contributed by atoms with van der Waals surface area (Å²) in [7, 11) is -3.45. The summed E-state index contributed by atoms with van der Waals surface area (Å²) in [5.74, 6) is 5.67. The second kappa shape index (κ2) is 6.71. The highest BCUT2D eigenvalue weighted by molar-refractivity contribution is 7.89. The van der Waals surface area contributed by atoms with Gasteiger partial charge in [-0.3, -0.25) is 0 Å². The molecule has 104 valence electrons. The van der Waals surface area contributed by atoms with Crippen molar-refractivity contribution in [2.75, 3.05) is 6.54 Å². The highest BCUT2D eigenvalue weighted by atomic mass is 32.2. The van der Waals surface area contributed by atoms with Gasteiger partial charge in [0.15, 0.2) is 0 Å². The molecule has 0 radical (unpaired) electrons. The van der Waals surface area contributed by atoms with E-state index in [-0.39, 0.29) is 17.5 Å². The maximum Gasteiger partial charge on any atom is 0.240 e. The van der Waals surface area contributed by atoms with E-state index in [1.54, 1.807) is 18.2 Å². The lowest BCUT2D eigenvalue weighted by atomic mass is 10.1. The van der Waals surface area contributed by atoms with Crippen LogP contribution in [-0.4, -0.2) is 21.0 Å². The average molecular weight is 280 g/mol. The fourth-order valence-electron chi connectivity index (χ4n) is 1.51. The van der Waals surface area contributed by atoms with E-state index in [0.29, 0.717) is 0 Å².